The highest BCUT2D eigenvalue weighted by Gasteiger charge is 2.15. The Morgan fingerprint density at radius 1 is 1.29 bits per heavy atom. The van der Waals surface area contributed by atoms with Gasteiger partial charge < -0.3 is 5.73 Å². The molecule has 1 atom stereocenters. The second-order valence-corrected chi connectivity index (χ2v) is 6.11. The number of anilines is 1. The first-order chi connectivity index (χ1) is 9.77. The average Bonchev–Trinajstić information content (AvgIpc) is 2.86. The molecule has 0 radical (unpaired) electrons. The smallest absolute Gasteiger partial charge is 0.249 e. The molecule has 6 nitrogen and oxygen atoms in total. The van der Waals surface area contributed by atoms with Crippen molar-refractivity contribution in [1.29, 1.82) is 0 Å². The van der Waals surface area contributed by atoms with E-state index in [2.05, 4.69) is 53.4 Å². The van der Waals surface area contributed by atoms with Crippen molar-refractivity contribution in [1.82, 2.24) is 15.2 Å². The van der Waals surface area contributed by atoms with E-state index in [9.17, 15) is 4.79 Å². The summed E-state index contributed by atoms with van der Waals surface area (Å²) in [5.41, 5.74) is 7.75. The fourth-order valence-corrected chi connectivity index (χ4v) is 1.80. The van der Waals surface area contributed by atoms with Crippen LogP contribution in [0.25, 0.3) is 11.4 Å². The van der Waals surface area contributed by atoms with Gasteiger partial charge in [-0.15, -0.1) is 5.10 Å². The zero-order chi connectivity index (χ0) is 15.6. The van der Waals surface area contributed by atoms with E-state index in [1.807, 2.05) is 12.1 Å². The number of carbonyl (C=O) groups is 1. The minimum Gasteiger partial charge on any atom is -0.320 e. The molecule has 21 heavy (non-hydrogen) atoms. The van der Waals surface area contributed by atoms with Crippen LogP contribution in [0, 0.1) is 0 Å². The van der Waals surface area contributed by atoms with Crippen LogP contribution in [0.1, 0.15) is 33.3 Å². The van der Waals surface area contributed by atoms with E-state index in [0.717, 1.165) is 5.56 Å². The highest BCUT2D eigenvalue weighted by Crippen LogP contribution is 2.24. The lowest BCUT2D eigenvalue weighted by atomic mass is 9.87. The first kappa shape index (κ1) is 15.2. The third-order valence-electron chi connectivity index (χ3n) is 3.16. The first-order valence-corrected chi connectivity index (χ1v) is 6.87. The number of benzene rings is 1. The van der Waals surface area contributed by atoms with Gasteiger partial charge in [-0.05, 0) is 17.9 Å². The lowest BCUT2D eigenvalue weighted by Crippen LogP contribution is -2.32. The Balaban J connectivity index is 2.16. The van der Waals surface area contributed by atoms with Gasteiger partial charge in [0.25, 0.3) is 0 Å². The van der Waals surface area contributed by atoms with Crippen molar-refractivity contribution in [3.63, 3.8) is 0 Å². The van der Waals surface area contributed by atoms with Gasteiger partial charge in [-0.1, -0.05) is 45.0 Å². The number of H-pyrrole nitrogens is 1. The molecule has 0 bridgehead atoms. The number of amides is 1. The lowest BCUT2D eigenvalue weighted by molar-refractivity contribution is -0.117. The maximum Gasteiger partial charge on any atom is 0.249 e. The van der Waals surface area contributed by atoms with Gasteiger partial charge in [0, 0.05) is 5.56 Å². The Morgan fingerprint density at radius 3 is 2.43 bits per heavy atom. The molecule has 0 saturated heterocycles. The SMILES string of the molecule is C[C@H](N)C(=O)Nc1n[nH]c(-c2ccc(C(C)(C)C)cc2)n1. The van der Waals surface area contributed by atoms with Gasteiger partial charge in [-0.25, -0.2) is 0 Å². The number of hydrogen-bond donors (Lipinski definition) is 3. The molecule has 0 aliphatic heterocycles. The molecule has 1 amide bonds. The third-order valence-corrected chi connectivity index (χ3v) is 3.16. The summed E-state index contributed by atoms with van der Waals surface area (Å²) in [5, 5.41) is 9.32. The van der Waals surface area contributed by atoms with E-state index in [0.29, 0.717) is 5.82 Å². The summed E-state index contributed by atoms with van der Waals surface area (Å²) in [5.74, 6) is 0.520. The normalized spacial score (nSPS) is 13.0. The molecule has 0 saturated carbocycles. The fraction of sp³-hybridized carbons (Fsp3) is 0.400. The monoisotopic (exact) mass is 287 g/mol. The molecule has 0 aliphatic carbocycles. The topological polar surface area (TPSA) is 96.7 Å². The Bertz CT molecular complexity index is 622. The van der Waals surface area contributed by atoms with Gasteiger partial charge in [0.2, 0.25) is 11.9 Å². The minimum atomic E-state index is -0.599. The summed E-state index contributed by atoms with van der Waals surface area (Å²) < 4.78 is 0. The third kappa shape index (κ3) is 3.66. The van der Waals surface area contributed by atoms with Gasteiger partial charge in [0.05, 0.1) is 6.04 Å². The van der Waals surface area contributed by atoms with Crippen molar-refractivity contribution in [3.05, 3.63) is 29.8 Å². The molecular formula is C15H21N5O. The van der Waals surface area contributed by atoms with E-state index >= 15 is 0 Å². The number of aromatic amines is 1. The molecule has 1 aromatic carbocycles. The molecule has 6 heteroatoms. The summed E-state index contributed by atoms with van der Waals surface area (Å²) in [6.45, 7) is 8.10. The second kappa shape index (κ2) is 5.65. The maximum absolute atomic E-state index is 11.5. The van der Waals surface area contributed by atoms with Crippen LogP contribution in [0.15, 0.2) is 24.3 Å². The van der Waals surface area contributed by atoms with Crippen molar-refractivity contribution < 1.29 is 4.79 Å². The van der Waals surface area contributed by atoms with E-state index in [1.54, 1.807) is 6.92 Å². The van der Waals surface area contributed by atoms with Crippen LogP contribution >= 0.6 is 0 Å². The molecule has 0 aliphatic rings. The standard InChI is InChI=1S/C15H21N5O/c1-9(16)13(21)18-14-17-12(19-20-14)10-5-7-11(8-6-10)15(2,3)4/h5-9H,16H2,1-4H3,(H2,17,18,19,20,21)/t9-/m0/s1. The summed E-state index contributed by atoms with van der Waals surface area (Å²) in [4.78, 5) is 15.7. The van der Waals surface area contributed by atoms with Gasteiger partial charge in [-0.2, -0.15) is 4.98 Å². The van der Waals surface area contributed by atoms with Crippen molar-refractivity contribution in [2.75, 3.05) is 5.32 Å². The summed E-state index contributed by atoms with van der Waals surface area (Å²) in [6, 6.07) is 7.50. The van der Waals surface area contributed by atoms with Gasteiger partial charge >= 0.3 is 0 Å². The Hall–Kier alpha value is -2.21. The Morgan fingerprint density at radius 2 is 1.90 bits per heavy atom. The molecule has 0 unspecified atom stereocenters. The molecule has 2 rings (SSSR count). The number of hydrogen-bond acceptors (Lipinski definition) is 4. The van der Waals surface area contributed by atoms with Crippen LogP contribution in [0.5, 0.6) is 0 Å². The quantitative estimate of drug-likeness (QED) is 0.805. The molecule has 112 valence electrons. The van der Waals surface area contributed by atoms with Crippen LogP contribution in [0.3, 0.4) is 0 Å². The van der Waals surface area contributed by atoms with Crippen LogP contribution in [0.2, 0.25) is 0 Å². The zero-order valence-corrected chi connectivity index (χ0v) is 12.8. The summed E-state index contributed by atoms with van der Waals surface area (Å²) >= 11 is 0. The van der Waals surface area contributed by atoms with Gasteiger partial charge in [0.1, 0.15) is 0 Å². The highest BCUT2D eigenvalue weighted by atomic mass is 16.2. The van der Waals surface area contributed by atoms with Crippen LogP contribution in [0.4, 0.5) is 5.95 Å². The number of aromatic nitrogens is 3. The number of carbonyl (C=O) groups excluding carboxylic acids is 1. The molecule has 1 heterocycles. The fourth-order valence-electron chi connectivity index (χ4n) is 1.80. The van der Waals surface area contributed by atoms with Crippen molar-refractivity contribution in [2.45, 2.75) is 39.2 Å². The molecule has 1 aromatic heterocycles. The van der Waals surface area contributed by atoms with E-state index < -0.39 is 6.04 Å². The van der Waals surface area contributed by atoms with Gasteiger partial charge in [-0.3, -0.25) is 15.2 Å². The molecule has 0 spiro atoms. The second-order valence-electron chi connectivity index (χ2n) is 6.11. The Labute approximate surface area is 124 Å². The maximum atomic E-state index is 11.5. The zero-order valence-electron chi connectivity index (χ0n) is 12.8. The van der Waals surface area contributed by atoms with Crippen LogP contribution in [-0.2, 0) is 10.2 Å². The number of nitrogens with two attached hydrogens (primary N) is 1. The van der Waals surface area contributed by atoms with Crippen LogP contribution in [-0.4, -0.2) is 27.1 Å². The molecule has 0 fully saturated rings. The van der Waals surface area contributed by atoms with Gasteiger partial charge in [0.15, 0.2) is 5.82 Å². The minimum absolute atomic E-state index is 0.107. The van der Waals surface area contributed by atoms with E-state index in [1.165, 1.54) is 5.56 Å². The number of nitrogens with one attached hydrogen (secondary N) is 2. The Kier molecular flexibility index (Phi) is 4.09. The van der Waals surface area contributed by atoms with Crippen molar-refractivity contribution in [3.8, 4) is 11.4 Å². The average molecular weight is 287 g/mol. The summed E-state index contributed by atoms with van der Waals surface area (Å²) in [7, 11) is 0. The first-order valence-electron chi connectivity index (χ1n) is 6.87. The van der Waals surface area contributed by atoms with Crippen LogP contribution < -0.4 is 11.1 Å². The molecule has 2 aromatic rings. The van der Waals surface area contributed by atoms with Crippen molar-refractivity contribution in [2.24, 2.45) is 5.73 Å². The largest absolute Gasteiger partial charge is 0.320 e. The molecular weight excluding hydrogens is 266 g/mol. The number of nitrogens with zero attached hydrogens (tertiary/aromatic N) is 2. The highest BCUT2D eigenvalue weighted by molar-refractivity contribution is 5.92. The molecule has 4 N–H and O–H groups in total. The summed E-state index contributed by atoms with van der Waals surface area (Å²) in [6.07, 6.45) is 0. The predicted molar refractivity (Wildman–Crippen MR) is 82.8 cm³/mol. The predicted octanol–water partition coefficient (Wildman–Crippen LogP) is 2.05. The van der Waals surface area contributed by atoms with E-state index in [4.69, 9.17) is 5.73 Å². The lowest BCUT2D eigenvalue weighted by Gasteiger charge is -2.18. The van der Waals surface area contributed by atoms with Crippen molar-refractivity contribution >= 4 is 11.9 Å². The van der Waals surface area contributed by atoms with E-state index in [-0.39, 0.29) is 17.3 Å². The number of rotatable bonds is 3.